The van der Waals surface area contributed by atoms with Gasteiger partial charge >= 0.3 is 0 Å². The molecule has 2 heterocycles. The minimum Gasteiger partial charge on any atom is -0.496 e. The lowest BCUT2D eigenvalue weighted by Crippen LogP contribution is -2.29. The molecule has 2 aliphatic heterocycles. The summed E-state index contributed by atoms with van der Waals surface area (Å²) < 4.78 is 16.7. The highest BCUT2D eigenvalue weighted by molar-refractivity contribution is 5.92. The lowest BCUT2D eigenvalue weighted by atomic mass is 10.0. The zero-order valence-electron chi connectivity index (χ0n) is 16.3. The van der Waals surface area contributed by atoms with Crippen molar-refractivity contribution in [1.82, 2.24) is 4.90 Å². The third-order valence-electron chi connectivity index (χ3n) is 5.28. The summed E-state index contributed by atoms with van der Waals surface area (Å²) in [4.78, 5) is 14.9. The number of hydrogen-bond donors (Lipinski definition) is 0. The van der Waals surface area contributed by atoms with Crippen molar-refractivity contribution in [2.45, 2.75) is 25.8 Å². The first-order valence-electron chi connectivity index (χ1n) is 9.68. The molecule has 1 saturated heterocycles. The molecule has 0 bridgehead atoms. The molecule has 0 radical (unpaired) electrons. The molecule has 2 aliphatic rings. The number of likely N-dealkylation sites (tertiary alicyclic amines) is 1. The van der Waals surface area contributed by atoms with Crippen molar-refractivity contribution in [2.75, 3.05) is 26.9 Å². The number of fused-ring (bicyclic) bond motifs is 1. The first-order chi connectivity index (χ1) is 13.7. The maximum Gasteiger partial charge on any atom is 0.247 e. The van der Waals surface area contributed by atoms with Gasteiger partial charge in [-0.2, -0.15) is 0 Å². The zero-order chi connectivity index (χ0) is 19.5. The van der Waals surface area contributed by atoms with Gasteiger partial charge in [-0.15, -0.1) is 0 Å². The van der Waals surface area contributed by atoms with Gasteiger partial charge in [0.2, 0.25) is 5.91 Å². The van der Waals surface area contributed by atoms with E-state index in [0.29, 0.717) is 13.2 Å². The fourth-order valence-electron chi connectivity index (χ4n) is 3.89. The van der Waals surface area contributed by atoms with Crippen LogP contribution in [0.2, 0.25) is 0 Å². The average Bonchev–Trinajstić information content (AvgIpc) is 3.22. The van der Waals surface area contributed by atoms with Crippen LogP contribution >= 0.6 is 0 Å². The van der Waals surface area contributed by atoms with Gasteiger partial charge in [0.15, 0.2) is 11.5 Å². The van der Waals surface area contributed by atoms with E-state index in [-0.39, 0.29) is 11.9 Å². The predicted octanol–water partition coefficient (Wildman–Crippen LogP) is 4.15. The van der Waals surface area contributed by atoms with E-state index in [0.717, 1.165) is 53.3 Å². The van der Waals surface area contributed by atoms with E-state index in [2.05, 4.69) is 0 Å². The molecule has 2 aromatic carbocycles. The second-order valence-electron chi connectivity index (χ2n) is 7.17. The Hall–Kier alpha value is -2.95. The first-order valence-corrected chi connectivity index (χ1v) is 9.68. The molecule has 4 rings (SSSR count). The van der Waals surface area contributed by atoms with Crippen LogP contribution in [0.1, 0.15) is 35.6 Å². The Bertz CT molecular complexity index is 905. The van der Waals surface area contributed by atoms with Crippen LogP contribution in [0.4, 0.5) is 0 Å². The Balaban J connectivity index is 1.53. The summed E-state index contributed by atoms with van der Waals surface area (Å²) in [6.07, 6.45) is 5.43. The molecule has 5 nitrogen and oxygen atoms in total. The average molecular weight is 379 g/mol. The van der Waals surface area contributed by atoms with E-state index in [1.807, 2.05) is 54.3 Å². The summed E-state index contributed by atoms with van der Waals surface area (Å²) in [5, 5.41) is 0. The SMILES string of the molecule is COc1ccc(C)cc1/C=C/C(=O)N1CCCC1c1ccc2c(c1)OCCO2. The van der Waals surface area contributed by atoms with Crippen LogP contribution in [-0.2, 0) is 4.79 Å². The standard InChI is InChI=1S/C23H25NO4/c1-16-5-8-20(26-2)18(14-16)7-10-23(25)24-11-3-4-19(24)17-6-9-21-22(15-17)28-13-12-27-21/h5-10,14-15,19H,3-4,11-13H2,1-2H3/b10-7+. The summed E-state index contributed by atoms with van der Waals surface area (Å²) >= 11 is 0. The van der Waals surface area contributed by atoms with Crippen LogP contribution in [0, 0.1) is 6.92 Å². The predicted molar refractivity (Wildman–Crippen MR) is 108 cm³/mol. The van der Waals surface area contributed by atoms with Crippen molar-refractivity contribution < 1.29 is 19.0 Å². The van der Waals surface area contributed by atoms with E-state index >= 15 is 0 Å². The minimum absolute atomic E-state index is 0.0148. The summed E-state index contributed by atoms with van der Waals surface area (Å²) in [5.41, 5.74) is 3.13. The van der Waals surface area contributed by atoms with Gasteiger partial charge in [0, 0.05) is 18.2 Å². The monoisotopic (exact) mass is 379 g/mol. The molecule has 146 valence electrons. The number of carbonyl (C=O) groups is 1. The van der Waals surface area contributed by atoms with Crippen molar-refractivity contribution in [1.29, 1.82) is 0 Å². The van der Waals surface area contributed by atoms with Gasteiger partial charge in [-0.1, -0.05) is 17.7 Å². The van der Waals surface area contributed by atoms with Gasteiger partial charge in [-0.05, 0) is 55.7 Å². The summed E-state index contributed by atoms with van der Waals surface area (Å²) in [6, 6.07) is 12.0. The van der Waals surface area contributed by atoms with Crippen LogP contribution in [0.15, 0.2) is 42.5 Å². The van der Waals surface area contributed by atoms with Crippen LogP contribution < -0.4 is 14.2 Å². The Morgan fingerprint density at radius 1 is 1.14 bits per heavy atom. The third kappa shape index (κ3) is 3.70. The van der Waals surface area contributed by atoms with Crippen LogP contribution in [0.3, 0.4) is 0 Å². The number of amides is 1. The zero-order valence-corrected chi connectivity index (χ0v) is 16.3. The molecule has 0 aliphatic carbocycles. The summed E-state index contributed by atoms with van der Waals surface area (Å²) in [7, 11) is 1.64. The number of methoxy groups -OCH3 is 1. The second-order valence-corrected chi connectivity index (χ2v) is 7.17. The molecular formula is C23H25NO4. The number of hydrogen-bond acceptors (Lipinski definition) is 4. The molecule has 1 fully saturated rings. The second kappa shape index (κ2) is 7.97. The minimum atomic E-state index is 0.0148. The fourth-order valence-corrected chi connectivity index (χ4v) is 3.89. The molecule has 28 heavy (non-hydrogen) atoms. The van der Waals surface area contributed by atoms with E-state index in [1.54, 1.807) is 13.2 Å². The number of rotatable bonds is 4. The normalized spacial score (nSPS) is 18.5. The van der Waals surface area contributed by atoms with Gasteiger partial charge < -0.3 is 19.1 Å². The van der Waals surface area contributed by atoms with Crippen molar-refractivity contribution in [3.63, 3.8) is 0 Å². The van der Waals surface area contributed by atoms with Gasteiger partial charge in [-0.3, -0.25) is 4.79 Å². The van der Waals surface area contributed by atoms with E-state index in [4.69, 9.17) is 14.2 Å². The summed E-state index contributed by atoms with van der Waals surface area (Å²) in [5.74, 6) is 2.32. The molecule has 5 heteroatoms. The number of nitrogens with zero attached hydrogens (tertiary/aromatic N) is 1. The molecule has 1 atom stereocenters. The fraction of sp³-hybridized carbons (Fsp3) is 0.348. The molecule has 1 amide bonds. The molecule has 2 aromatic rings. The largest absolute Gasteiger partial charge is 0.496 e. The maximum atomic E-state index is 12.9. The van der Waals surface area contributed by atoms with E-state index in [1.165, 1.54) is 0 Å². The van der Waals surface area contributed by atoms with Crippen LogP contribution in [0.5, 0.6) is 17.2 Å². The lowest BCUT2D eigenvalue weighted by molar-refractivity contribution is -0.126. The molecule has 0 aromatic heterocycles. The highest BCUT2D eigenvalue weighted by Gasteiger charge is 2.29. The van der Waals surface area contributed by atoms with E-state index in [9.17, 15) is 4.79 Å². The van der Waals surface area contributed by atoms with Crippen molar-refractivity contribution in [3.8, 4) is 17.2 Å². The smallest absolute Gasteiger partial charge is 0.247 e. The molecule has 1 unspecified atom stereocenters. The van der Waals surface area contributed by atoms with Gasteiger partial charge in [0.05, 0.1) is 13.2 Å². The van der Waals surface area contributed by atoms with E-state index < -0.39 is 0 Å². The van der Waals surface area contributed by atoms with Crippen molar-refractivity contribution in [2.24, 2.45) is 0 Å². The maximum absolute atomic E-state index is 12.9. The third-order valence-corrected chi connectivity index (χ3v) is 5.28. The van der Waals surface area contributed by atoms with Crippen molar-refractivity contribution in [3.05, 3.63) is 59.2 Å². The van der Waals surface area contributed by atoms with Crippen LogP contribution in [-0.4, -0.2) is 37.7 Å². The number of benzene rings is 2. The number of aryl methyl sites for hydroxylation is 1. The highest BCUT2D eigenvalue weighted by Crippen LogP contribution is 2.38. The van der Waals surface area contributed by atoms with Gasteiger partial charge in [-0.25, -0.2) is 0 Å². The number of carbonyl (C=O) groups excluding carboxylic acids is 1. The lowest BCUT2D eigenvalue weighted by Gasteiger charge is -2.26. The molecule has 0 spiro atoms. The Kier molecular flexibility index (Phi) is 5.24. The topological polar surface area (TPSA) is 48.0 Å². The Labute approximate surface area is 165 Å². The molecule has 0 N–H and O–H groups in total. The van der Waals surface area contributed by atoms with Gasteiger partial charge in [0.1, 0.15) is 19.0 Å². The first kappa shape index (κ1) is 18.4. The van der Waals surface area contributed by atoms with Gasteiger partial charge in [0.25, 0.3) is 0 Å². The molecular weight excluding hydrogens is 354 g/mol. The molecule has 0 saturated carbocycles. The number of ether oxygens (including phenoxy) is 3. The van der Waals surface area contributed by atoms with Crippen molar-refractivity contribution >= 4 is 12.0 Å². The highest BCUT2D eigenvalue weighted by atomic mass is 16.6. The summed E-state index contributed by atoms with van der Waals surface area (Å²) in [6.45, 7) is 3.92. The van der Waals surface area contributed by atoms with Crippen LogP contribution in [0.25, 0.3) is 6.08 Å². The Morgan fingerprint density at radius 2 is 1.96 bits per heavy atom. The quantitative estimate of drug-likeness (QED) is 0.749. The Morgan fingerprint density at radius 3 is 2.79 bits per heavy atom.